The maximum absolute atomic E-state index is 13.5. The molecule has 1 aromatic carbocycles. The summed E-state index contributed by atoms with van der Waals surface area (Å²) in [5, 5.41) is 11.4. The van der Waals surface area contributed by atoms with E-state index in [0.717, 1.165) is 18.3 Å². The molecule has 4 nitrogen and oxygen atoms in total. The van der Waals surface area contributed by atoms with Crippen molar-refractivity contribution in [2.45, 2.75) is 0 Å². The zero-order chi connectivity index (χ0) is 16.5. The molecule has 1 amide bonds. The zero-order valence-electron chi connectivity index (χ0n) is 11.9. The Morgan fingerprint density at radius 2 is 1.82 bits per heavy atom. The predicted octanol–water partition coefficient (Wildman–Crippen LogP) is 2.98. The largest absolute Gasteiger partial charge is 0.355 e. The van der Waals surface area contributed by atoms with Crippen molar-refractivity contribution in [1.82, 2.24) is 4.90 Å². The summed E-state index contributed by atoms with van der Waals surface area (Å²) in [6, 6.07) is 5.04. The van der Waals surface area contributed by atoms with Gasteiger partial charge in [0.2, 0.25) is 0 Å². The fourth-order valence-electron chi connectivity index (χ4n) is 1.64. The number of nitrogens with one attached hydrogen (secondary N) is 1. The summed E-state index contributed by atoms with van der Waals surface area (Å²) in [6.07, 6.45) is 3.98. The molecule has 1 aromatic rings. The van der Waals surface area contributed by atoms with Gasteiger partial charge in [0.1, 0.15) is 29.0 Å². The highest BCUT2D eigenvalue weighted by atomic mass is 19.1. The summed E-state index contributed by atoms with van der Waals surface area (Å²) in [6.45, 7) is 7.48. The second-order valence-corrected chi connectivity index (χ2v) is 4.20. The minimum atomic E-state index is -0.824. The van der Waals surface area contributed by atoms with Gasteiger partial charge in [0, 0.05) is 19.3 Å². The van der Waals surface area contributed by atoms with Crippen LogP contribution in [0, 0.1) is 23.0 Å². The van der Waals surface area contributed by atoms with Crippen LogP contribution in [-0.4, -0.2) is 23.9 Å². The van der Waals surface area contributed by atoms with Gasteiger partial charge < -0.3 is 10.2 Å². The second-order valence-electron chi connectivity index (χ2n) is 4.20. The molecule has 0 saturated carbocycles. The summed E-state index contributed by atoms with van der Waals surface area (Å²) < 4.78 is 26.9. The molecule has 0 unspecified atom stereocenters. The Bertz CT molecular complexity index is 617. The first-order chi connectivity index (χ1) is 10.5. The molecule has 0 aliphatic rings. The van der Waals surface area contributed by atoms with E-state index in [9.17, 15) is 13.6 Å². The molecule has 0 radical (unpaired) electrons. The van der Waals surface area contributed by atoms with Gasteiger partial charge in [-0.1, -0.05) is 18.2 Å². The molecular formula is C16H15F2N3O. The number of carbonyl (C=O) groups is 1. The van der Waals surface area contributed by atoms with Crippen LogP contribution in [0.3, 0.4) is 0 Å². The molecule has 0 aromatic heterocycles. The lowest BCUT2D eigenvalue weighted by molar-refractivity contribution is -0.125. The number of benzene rings is 1. The van der Waals surface area contributed by atoms with E-state index in [1.54, 1.807) is 6.07 Å². The summed E-state index contributed by atoms with van der Waals surface area (Å²) >= 11 is 0. The third kappa shape index (κ3) is 4.28. The Labute approximate surface area is 127 Å². The standard InChI is InChI=1S/C16H15F2N3O/c1-3-8-21(9-4-2)16(22)12(10-19)11-20-15-13(17)6-5-7-14(15)18/h3-7,11,20H,1-2,8-9H2/b12-11-. The van der Waals surface area contributed by atoms with E-state index in [1.165, 1.54) is 23.1 Å². The first-order valence-corrected chi connectivity index (χ1v) is 6.37. The smallest absolute Gasteiger partial charge is 0.266 e. The molecule has 0 aliphatic carbocycles. The van der Waals surface area contributed by atoms with Gasteiger partial charge >= 0.3 is 0 Å². The number of anilines is 1. The van der Waals surface area contributed by atoms with Crippen molar-refractivity contribution in [3.8, 4) is 6.07 Å². The molecule has 0 heterocycles. The van der Waals surface area contributed by atoms with Gasteiger partial charge in [-0.05, 0) is 12.1 Å². The van der Waals surface area contributed by atoms with E-state index in [-0.39, 0.29) is 18.7 Å². The van der Waals surface area contributed by atoms with E-state index in [4.69, 9.17) is 5.26 Å². The lowest BCUT2D eigenvalue weighted by atomic mass is 10.2. The highest BCUT2D eigenvalue weighted by Gasteiger charge is 2.16. The van der Waals surface area contributed by atoms with Gasteiger partial charge in [0.25, 0.3) is 5.91 Å². The first kappa shape index (κ1) is 17.1. The molecule has 22 heavy (non-hydrogen) atoms. The average molecular weight is 303 g/mol. The van der Waals surface area contributed by atoms with E-state index < -0.39 is 23.2 Å². The Morgan fingerprint density at radius 3 is 2.27 bits per heavy atom. The molecule has 0 atom stereocenters. The van der Waals surface area contributed by atoms with Crippen LogP contribution >= 0.6 is 0 Å². The number of hydrogen-bond donors (Lipinski definition) is 1. The highest BCUT2D eigenvalue weighted by Crippen LogP contribution is 2.18. The van der Waals surface area contributed by atoms with Crippen LogP contribution in [0.2, 0.25) is 0 Å². The number of para-hydroxylation sites is 1. The van der Waals surface area contributed by atoms with Gasteiger partial charge in [-0.2, -0.15) is 5.26 Å². The van der Waals surface area contributed by atoms with Crippen LogP contribution in [0.5, 0.6) is 0 Å². The second kappa shape index (κ2) is 8.37. The maximum Gasteiger partial charge on any atom is 0.266 e. The van der Waals surface area contributed by atoms with Crippen LogP contribution in [0.25, 0.3) is 0 Å². The van der Waals surface area contributed by atoms with Crippen molar-refractivity contribution in [2.75, 3.05) is 18.4 Å². The SMILES string of the molecule is C=CCN(CC=C)C(=O)/C(C#N)=C\Nc1c(F)cccc1F. The number of carbonyl (C=O) groups excluding carboxylic acids is 1. The average Bonchev–Trinajstić information content (AvgIpc) is 2.49. The van der Waals surface area contributed by atoms with Gasteiger partial charge in [-0.15, -0.1) is 13.2 Å². The summed E-state index contributed by atoms with van der Waals surface area (Å²) in [7, 11) is 0. The van der Waals surface area contributed by atoms with Crippen LogP contribution in [0.4, 0.5) is 14.5 Å². The molecule has 1 rings (SSSR count). The van der Waals surface area contributed by atoms with Gasteiger partial charge in [-0.25, -0.2) is 8.78 Å². The van der Waals surface area contributed by atoms with Crippen molar-refractivity contribution in [2.24, 2.45) is 0 Å². The molecule has 114 valence electrons. The highest BCUT2D eigenvalue weighted by molar-refractivity contribution is 5.97. The van der Waals surface area contributed by atoms with Crippen LogP contribution in [-0.2, 0) is 4.79 Å². The lowest BCUT2D eigenvalue weighted by Crippen LogP contribution is -2.32. The first-order valence-electron chi connectivity index (χ1n) is 6.37. The van der Waals surface area contributed by atoms with E-state index in [2.05, 4.69) is 18.5 Å². The van der Waals surface area contributed by atoms with Crippen molar-refractivity contribution in [3.05, 3.63) is 66.9 Å². The Morgan fingerprint density at radius 1 is 1.27 bits per heavy atom. The summed E-state index contributed by atoms with van der Waals surface area (Å²) in [5.41, 5.74) is -0.714. The topological polar surface area (TPSA) is 56.1 Å². The van der Waals surface area contributed by atoms with E-state index in [0.29, 0.717) is 0 Å². The molecule has 0 aliphatic heterocycles. The fourth-order valence-corrected chi connectivity index (χ4v) is 1.64. The Balaban J connectivity index is 3.00. The molecule has 0 bridgehead atoms. The third-order valence-corrected chi connectivity index (χ3v) is 2.66. The molecule has 6 heteroatoms. The number of halogens is 2. The summed E-state index contributed by atoms with van der Waals surface area (Å²) in [4.78, 5) is 13.5. The summed E-state index contributed by atoms with van der Waals surface area (Å²) in [5.74, 6) is -2.24. The minimum Gasteiger partial charge on any atom is -0.355 e. The number of amides is 1. The minimum absolute atomic E-state index is 0.220. The van der Waals surface area contributed by atoms with E-state index in [1.807, 2.05) is 0 Å². The van der Waals surface area contributed by atoms with E-state index >= 15 is 0 Å². The van der Waals surface area contributed by atoms with Gasteiger partial charge in [-0.3, -0.25) is 4.79 Å². The molecule has 1 N–H and O–H groups in total. The van der Waals surface area contributed by atoms with Gasteiger partial charge in [0.15, 0.2) is 0 Å². The Kier molecular flexibility index (Phi) is 6.51. The van der Waals surface area contributed by atoms with Crippen molar-refractivity contribution < 1.29 is 13.6 Å². The normalized spacial score (nSPS) is 10.5. The number of nitriles is 1. The molecular weight excluding hydrogens is 288 g/mol. The van der Waals surface area contributed by atoms with Crippen molar-refractivity contribution in [3.63, 3.8) is 0 Å². The monoisotopic (exact) mass is 303 g/mol. The lowest BCUT2D eigenvalue weighted by Gasteiger charge is -2.18. The molecule has 0 fully saturated rings. The number of hydrogen-bond acceptors (Lipinski definition) is 3. The maximum atomic E-state index is 13.5. The zero-order valence-corrected chi connectivity index (χ0v) is 11.9. The van der Waals surface area contributed by atoms with Crippen molar-refractivity contribution >= 4 is 11.6 Å². The number of nitrogens with zero attached hydrogens (tertiary/aromatic N) is 2. The van der Waals surface area contributed by atoms with Crippen LogP contribution in [0.1, 0.15) is 0 Å². The molecule has 0 saturated heterocycles. The van der Waals surface area contributed by atoms with Crippen LogP contribution in [0.15, 0.2) is 55.3 Å². The van der Waals surface area contributed by atoms with Gasteiger partial charge in [0.05, 0.1) is 0 Å². The predicted molar refractivity (Wildman–Crippen MR) is 80.7 cm³/mol. The number of rotatable bonds is 7. The third-order valence-electron chi connectivity index (χ3n) is 2.66. The molecule has 0 spiro atoms. The quantitative estimate of drug-likeness (QED) is 0.478. The Hall–Kier alpha value is -2.94. The van der Waals surface area contributed by atoms with Crippen molar-refractivity contribution in [1.29, 1.82) is 5.26 Å². The fraction of sp³-hybridized carbons (Fsp3) is 0.125. The van der Waals surface area contributed by atoms with Crippen LogP contribution < -0.4 is 5.32 Å².